The van der Waals surface area contributed by atoms with Gasteiger partial charge in [-0.15, -0.1) is 0 Å². The first-order chi connectivity index (χ1) is 8.50. The fourth-order valence-electron chi connectivity index (χ4n) is 2.64. The van der Waals surface area contributed by atoms with Gasteiger partial charge in [-0.3, -0.25) is 0 Å². The van der Waals surface area contributed by atoms with E-state index < -0.39 is 5.60 Å². The number of aromatic nitrogens is 1. The molecule has 0 aromatic carbocycles. The third kappa shape index (κ3) is 3.00. The molecule has 2 rings (SSSR count). The Balaban J connectivity index is 2.08. The Morgan fingerprint density at radius 2 is 2.17 bits per heavy atom. The molecule has 100 valence electrons. The molecule has 18 heavy (non-hydrogen) atoms. The van der Waals surface area contributed by atoms with Crippen LogP contribution in [0.3, 0.4) is 0 Å². The molecule has 1 aliphatic carbocycles. The molecule has 1 aromatic rings. The quantitative estimate of drug-likeness (QED) is 0.854. The van der Waals surface area contributed by atoms with Crippen LogP contribution in [0.25, 0.3) is 0 Å². The van der Waals surface area contributed by atoms with Crippen molar-refractivity contribution in [3.05, 3.63) is 23.9 Å². The average molecular weight is 249 g/mol. The Morgan fingerprint density at radius 1 is 1.50 bits per heavy atom. The van der Waals surface area contributed by atoms with Gasteiger partial charge in [-0.05, 0) is 37.5 Å². The van der Waals surface area contributed by atoms with E-state index >= 15 is 0 Å². The predicted octanol–water partition coefficient (Wildman–Crippen LogP) is 1.84. The highest BCUT2D eigenvalue weighted by Gasteiger charge is 2.32. The summed E-state index contributed by atoms with van der Waals surface area (Å²) in [6.07, 6.45) is 5.81. The van der Waals surface area contributed by atoms with Gasteiger partial charge in [0.2, 0.25) is 0 Å². The number of pyridine rings is 1. The average Bonchev–Trinajstić information content (AvgIpc) is 2.76. The van der Waals surface area contributed by atoms with Crippen LogP contribution in [0.2, 0.25) is 0 Å². The van der Waals surface area contributed by atoms with Crippen molar-refractivity contribution >= 4 is 5.82 Å². The van der Waals surface area contributed by atoms with Crippen LogP contribution >= 0.6 is 0 Å². The maximum Gasteiger partial charge on any atom is 0.128 e. The van der Waals surface area contributed by atoms with Gasteiger partial charge in [0.1, 0.15) is 5.82 Å². The number of nitrogens with zero attached hydrogens (tertiary/aromatic N) is 2. The van der Waals surface area contributed by atoms with Crippen LogP contribution in [0.1, 0.15) is 44.2 Å². The summed E-state index contributed by atoms with van der Waals surface area (Å²) in [5, 5.41) is 10.4. The molecule has 4 heteroatoms. The van der Waals surface area contributed by atoms with Gasteiger partial charge in [-0.25, -0.2) is 4.98 Å². The molecule has 0 saturated heterocycles. The molecule has 1 heterocycles. The molecule has 1 aliphatic rings. The van der Waals surface area contributed by atoms with Crippen molar-refractivity contribution < 1.29 is 5.11 Å². The zero-order chi connectivity index (χ0) is 13.2. The number of likely N-dealkylation sites (N-methyl/N-ethyl adjacent to an activating group) is 1. The van der Waals surface area contributed by atoms with Crippen molar-refractivity contribution in [3.8, 4) is 0 Å². The maximum atomic E-state index is 10.4. The summed E-state index contributed by atoms with van der Waals surface area (Å²) >= 11 is 0. The van der Waals surface area contributed by atoms with Crippen LogP contribution in [-0.2, 0) is 0 Å². The van der Waals surface area contributed by atoms with E-state index in [0.29, 0.717) is 6.54 Å². The minimum absolute atomic E-state index is 0.00900. The molecule has 0 spiro atoms. The van der Waals surface area contributed by atoms with Gasteiger partial charge in [0.05, 0.1) is 5.60 Å². The third-order valence-corrected chi connectivity index (χ3v) is 3.75. The standard InChI is InChI=1S/C14H23N3O/c1-11(15)12-5-8-16-13(9-12)17(2)10-14(18)6-3-4-7-14/h5,8-9,11,18H,3-4,6-7,10,15H2,1-2H3/t11-/m0/s1. The molecule has 1 aromatic heterocycles. The summed E-state index contributed by atoms with van der Waals surface area (Å²) in [5.41, 5.74) is 6.41. The summed E-state index contributed by atoms with van der Waals surface area (Å²) in [4.78, 5) is 6.38. The molecule has 0 aliphatic heterocycles. The number of aliphatic hydroxyl groups is 1. The largest absolute Gasteiger partial charge is 0.388 e. The minimum Gasteiger partial charge on any atom is -0.388 e. The first-order valence-electron chi connectivity index (χ1n) is 6.65. The van der Waals surface area contributed by atoms with E-state index in [2.05, 4.69) is 4.98 Å². The van der Waals surface area contributed by atoms with Crippen LogP contribution < -0.4 is 10.6 Å². The highest BCUT2D eigenvalue weighted by Crippen LogP contribution is 2.31. The molecule has 0 bridgehead atoms. The zero-order valence-electron chi connectivity index (χ0n) is 11.3. The van der Waals surface area contributed by atoms with Crippen LogP contribution in [0.5, 0.6) is 0 Å². The highest BCUT2D eigenvalue weighted by molar-refractivity contribution is 5.41. The van der Waals surface area contributed by atoms with E-state index in [9.17, 15) is 5.11 Å². The van der Waals surface area contributed by atoms with Crippen LogP contribution in [-0.4, -0.2) is 29.3 Å². The fourth-order valence-corrected chi connectivity index (χ4v) is 2.64. The molecule has 1 fully saturated rings. The minimum atomic E-state index is -0.541. The lowest BCUT2D eigenvalue weighted by molar-refractivity contribution is 0.0558. The van der Waals surface area contributed by atoms with Gasteiger partial charge in [-0.2, -0.15) is 0 Å². The molecular formula is C14H23N3O. The van der Waals surface area contributed by atoms with Gasteiger partial charge in [0, 0.05) is 25.8 Å². The predicted molar refractivity (Wildman–Crippen MR) is 73.5 cm³/mol. The number of anilines is 1. The Morgan fingerprint density at radius 3 is 2.78 bits per heavy atom. The summed E-state index contributed by atoms with van der Waals surface area (Å²) < 4.78 is 0. The second kappa shape index (κ2) is 5.24. The van der Waals surface area contributed by atoms with Crippen molar-refractivity contribution in [2.45, 2.75) is 44.2 Å². The number of hydrogen-bond donors (Lipinski definition) is 2. The van der Waals surface area contributed by atoms with E-state index in [0.717, 1.165) is 37.1 Å². The third-order valence-electron chi connectivity index (χ3n) is 3.75. The lowest BCUT2D eigenvalue weighted by Gasteiger charge is -2.29. The van der Waals surface area contributed by atoms with E-state index in [-0.39, 0.29) is 6.04 Å². The smallest absolute Gasteiger partial charge is 0.128 e. The van der Waals surface area contributed by atoms with E-state index in [1.807, 2.05) is 31.0 Å². The summed E-state index contributed by atoms with van der Waals surface area (Å²) in [6, 6.07) is 3.95. The normalized spacial score (nSPS) is 19.8. The molecule has 4 nitrogen and oxygen atoms in total. The van der Waals surface area contributed by atoms with E-state index in [4.69, 9.17) is 5.73 Å². The van der Waals surface area contributed by atoms with Gasteiger partial charge in [0.25, 0.3) is 0 Å². The van der Waals surface area contributed by atoms with E-state index in [1.54, 1.807) is 6.20 Å². The Labute approximate surface area is 109 Å². The molecule has 1 saturated carbocycles. The second-order valence-electron chi connectivity index (χ2n) is 5.52. The first kappa shape index (κ1) is 13.3. The molecule has 0 amide bonds. The first-order valence-corrected chi connectivity index (χ1v) is 6.65. The SMILES string of the molecule is C[C@H](N)c1ccnc(N(C)CC2(O)CCCC2)c1. The van der Waals surface area contributed by atoms with Crippen molar-refractivity contribution in [2.24, 2.45) is 5.73 Å². The highest BCUT2D eigenvalue weighted by atomic mass is 16.3. The Hall–Kier alpha value is -1.13. The van der Waals surface area contributed by atoms with Crippen molar-refractivity contribution in [1.29, 1.82) is 0 Å². The van der Waals surface area contributed by atoms with Gasteiger partial charge >= 0.3 is 0 Å². The lowest BCUT2D eigenvalue weighted by Crippen LogP contribution is -2.39. The van der Waals surface area contributed by atoms with Gasteiger partial charge in [0.15, 0.2) is 0 Å². The van der Waals surface area contributed by atoms with Crippen LogP contribution in [0.4, 0.5) is 5.82 Å². The molecule has 1 atom stereocenters. The van der Waals surface area contributed by atoms with Gasteiger partial charge < -0.3 is 15.7 Å². The Bertz CT molecular complexity index is 400. The topological polar surface area (TPSA) is 62.4 Å². The maximum absolute atomic E-state index is 10.4. The van der Waals surface area contributed by atoms with Crippen LogP contribution in [0, 0.1) is 0 Å². The summed E-state index contributed by atoms with van der Waals surface area (Å²) in [7, 11) is 1.98. The van der Waals surface area contributed by atoms with Crippen molar-refractivity contribution in [2.75, 3.05) is 18.5 Å². The molecule has 0 radical (unpaired) electrons. The monoisotopic (exact) mass is 249 g/mol. The zero-order valence-corrected chi connectivity index (χ0v) is 11.3. The summed E-state index contributed by atoms with van der Waals surface area (Å²) in [6.45, 7) is 2.60. The molecular weight excluding hydrogens is 226 g/mol. The van der Waals surface area contributed by atoms with Crippen molar-refractivity contribution in [1.82, 2.24) is 4.98 Å². The Kier molecular flexibility index (Phi) is 3.88. The number of hydrogen-bond acceptors (Lipinski definition) is 4. The lowest BCUT2D eigenvalue weighted by atomic mass is 10.0. The second-order valence-corrected chi connectivity index (χ2v) is 5.52. The number of nitrogens with two attached hydrogens (primary N) is 1. The van der Waals surface area contributed by atoms with Crippen molar-refractivity contribution in [3.63, 3.8) is 0 Å². The molecule has 0 unspecified atom stereocenters. The van der Waals surface area contributed by atoms with Gasteiger partial charge in [-0.1, -0.05) is 12.8 Å². The summed E-state index contributed by atoms with van der Waals surface area (Å²) in [5.74, 6) is 0.880. The molecule has 3 N–H and O–H groups in total. The fraction of sp³-hybridized carbons (Fsp3) is 0.643. The van der Waals surface area contributed by atoms with E-state index in [1.165, 1.54) is 0 Å². The number of rotatable bonds is 4. The van der Waals surface area contributed by atoms with Crippen LogP contribution in [0.15, 0.2) is 18.3 Å².